The lowest BCUT2D eigenvalue weighted by molar-refractivity contribution is -0.122. The minimum atomic E-state index is -0.0796. The number of carbonyl (C=O) groups is 2. The molecule has 28 heavy (non-hydrogen) atoms. The van der Waals surface area contributed by atoms with Crippen LogP contribution < -0.4 is 10.2 Å². The zero-order valence-corrected chi connectivity index (χ0v) is 15.8. The van der Waals surface area contributed by atoms with Gasteiger partial charge in [0.1, 0.15) is 6.61 Å². The third kappa shape index (κ3) is 3.62. The molecule has 5 nitrogen and oxygen atoms in total. The SMILES string of the molecule is COCC(=O)N1CCc2ccc(NC(=O)Cc3cccc4ccccc34)cc21. The van der Waals surface area contributed by atoms with Gasteiger partial charge in [0.2, 0.25) is 5.91 Å². The predicted molar refractivity (Wildman–Crippen MR) is 111 cm³/mol. The number of carbonyl (C=O) groups excluding carboxylic acids is 2. The number of hydrogen-bond acceptors (Lipinski definition) is 3. The summed E-state index contributed by atoms with van der Waals surface area (Å²) in [6.45, 7) is 0.696. The van der Waals surface area contributed by atoms with Crippen molar-refractivity contribution in [1.82, 2.24) is 0 Å². The van der Waals surface area contributed by atoms with E-state index in [1.165, 1.54) is 7.11 Å². The van der Waals surface area contributed by atoms with E-state index in [2.05, 4.69) is 5.32 Å². The second-order valence-corrected chi connectivity index (χ2v) is 6.94. The highest BCUT2D eigenvalue weighted by Crippen LogP contribution is 2.31. The maximum absolute atomic E-state index is 12.6. The van der Waals surface area contributed by atoms with Crippen molar-refractivity contribution in [3.05, 3.63) is 71.8 Å². The molecule has 0 bridgehead atoms. The van der Waals surface area contributed by atoms with Crippen LogP contribution >= 0.6 is 0 Å². The minimum absolute atomic E-state index is 0.0527. The fraction of sp³-hybridized carbons (Fsp3) is 0.217. The van der Waals surface area contributed by atoms with Crippen LogP contribution in [0, 0.1) is 0 Å². The predicted octanol–water partition coefficient (Wildman–Crippen LogP) is 3.56. The summed E-state index contributed by atoms with van der Waals surface area (Å²) in [4.78, 5) is 26.6. The Labute approximate surface area is 163 Å². The molecule has 4 rings (SSSR count). The average molecular weight is 374 g/mol. The molecule has 3 aromatic carbocycles. The maximum Gasteiger partial charge on any atom is 0.252 e. The Morgan fingerprint density at radius 3 is 2.75 bits per heavy atom. The lowest BCUT2D eigenvalue weighted by atomic mass is 10.0. The zero-order valence-electron chi connectivity index (χ0n) is 15.8. The maximum atomic E-state index is 12.6. The van der Waals surface area contributed by atoms with E-state index < -0.39 is 0 Å². The van der Waals surface area contributed by atoms with E-state index in [1.807, 2.05) is 60.7 Å². The summed E-state index contributed by atoms with van der Waals surface area (Å²) in [6, 6.07) is 19.8. The van der Waals surface area contributed by atoms with Gasteiger partial charge in [-0.1, -0.05) is 48.5 Å². The Bertz CT molecular complexity index is 1040. The van der Waals surface area contributed by atoms with Crippen molar-refractivity contribution >= 4 is 34.0 Å². The van der Waals surface area contributed by atoms with Crippen molar-refractivity contribution in [3.8, 4) is 0 Å². The Morgan fingerprint density at radius 1 is 1.07 bits per heavy atom. The molecule has 1 N–H and O–H groups in total. The number of methoxy groups -OCH3 is 1. The molecule has 0 radical (unpaired) electrons. The van der Waals surface area contributed by atoms with Gasteiger partial charge in [-0.3, -0.25) is 9.59 Å². The molecule has 0 aliphatic carbocycles. The first kappa shape index (κ1) is 18.2. The van der Waals surface area contributed by atoms with Gasteiger partial charge in [0, 0.05) is 25.0 Å². The second-order valence-electron chi connectivity index (χ2n) is 6.94. The third-order valence-corrected chi connectivity index (χ3v) is 5.06. The number of benzene rings is 3. The van der Waals surface area contributed by atoms with Gasteiger partial charge in [0.25, 0.3) is 5.91 Å². The Morgan fingerprint density at radius 2 is 1.89 bits per heavy atom. The molecule has 0 aromatic heterocycles. The van der Waals surface area contributed by atoms with Crippen LogP contribution in [0.4, 0.5) is 11.4 Å². The average Bonchev–Trinajstić information content (AvgIpc) is 3.12. The summed E-state index contributed by atoms with van der Waals surface area (Å²) in [5.41, 5.74) is 3.65. The summed E-state index contributed by atoms with van der Waals surface area (Å²) in [7, 11) is 1.51. The summed E-state index contributed by atoms with van der Waals surface area (Å²) in [5.74, 6) is -0.149. The molecule has 142 valence electrons. The normalized spacial score (nSPS) is 12.8. The summed E-state index contributed by atoms with van der Waals surface area (Å²) in [5, 5.41) is 5.18. The van der Waals surface area contributed by atoms with Gasteiger partial charge < -0.3 is 15.0 Å². The van der Waals surface area contributed by atoms with Gasteiger partial charge in [-0.2, -0.15) is 0 Å². The van der Waals surface area contributed by atoms with Crippen molar-refractivity contribution in [1.29, 1.82) is 0 Å². The molecule has 5 heteroatoms. The van der Waals surface area contributed by atoms with Gasteiger partial charge in [-0.15, -0.1) is 0 Å². The van der Waals surface area contributed by atoms with E-state index in [-0.39, 0.29) is 18.4 Å². The van der Waals surface area contributed by atoms with Crippen LogP contribution in [0.25, 0.3) is 10.8 Å². The zero-order chi connectivity index (χ0) is 19.5. The molecule has 0 spiro atoms. The fourth-order valence-electron chi connectivity index (χ4n) is 3.74. The smallest absolute Gasteiger partial charge is 0.252 e. The molecule has 0 saturated heterocycles. The van der Waals surface area contributed by atoms with Gasteiger partial charge in [0.05, 0.1) is 6.42 Å². The van der Waals surface area contributed by atoms with Gasteiger partial charge in [0.15, 0.2) is 0 Å². The minimum Gasteiger partial charge on any atom is -0.375 e. The molecule has 3 aromatic rings. The standard InChI is InChI=1S/C23H22N2O3/c1-28-15-23(27)25-12-11-17-9-10-19(14-21(17)25)24-22(26)13-18-7-4-6-16-5-2-3-8-20(16)18/h2-10,14H,11-13,15H2,1H3,(H,24,26). The van der Waals surface area contributed by atoms with E-state index in [1.54, 1.807) is 4.90 Å². The van der Waals surface area contributed by atoms with Crippen molar-refractivity contribution in [2.75, 3.05) is 30.5 Å². The lowest BCUT2D eigenvalue weighted by Gasteiger charge is -2.17. The highest BCUT2D eigenvalue weighted by molar-refractivity contribution is 5.99. The van der Waals surface area contributed by atoms with Crippen molar-refractivity contribution in [2.45, 2.75) is 12.8 Å². The molecule has 0 fully saturated rings. The van der Waals surface area contributed by atoms with Gasteiger partial charge in [-0.05, 0) is 40.5 Å². The van der Waals surface area contributed by atoms with Gasteiger partial charge >= 0.3 is 0 Å². The Kier molecular flexibility index (Phi) is 5.08. The number of amides is 2. The number of rotatable bonds is 5. The number of hydrogen-bond donors (Lipinski definition) is 1. The number of fused-ring (bicyclic) bond motifs is 2. The summed E-state index contributed by atoms with van der Waals surface area (Å²) < 4.78 is 4.97. The summed E-state index contributed by atoms with van der Waals surface area (Å²) >= 11 is 0. The van der Waals surface area contributed by atoms with Crippen molar-refractivity contribution in [2.24, 2.45) is 0 Å². The van der Waals surface area contributed by atoms with Crippen molar-refractivity contribution < 1.29 is 14.3 Å². The van der Waals surface area contributed by atoms with E-state index in [9.17, 15) is 9.59 Å². The molecular formula is C23H22N2O3. The van der Waals surface area contributed by atoms with Crippen LogP contribution in [-0.4, -0.2) is 32.1 Å². The molecule has 1 heterocycles. The van der Waals surface area contributed by atoms with Crippen LogP contribution in [0.3, 0.4) is 0 Å². The first-order chi connectivity index (χ1) is 13.7. The molecule has 0 unspecified atom stereocenters. The molecule has 1 aliphatic heterocycles. The highest BCUT2D eigenvalue weighted by Gasteiger charge is 2.24. The third-order valence-electron chi connectivity index (χ3n) is 5.06. The number of nitrogens with zero attached hydrogens (tertiary/aromatic N) is 1. The second kappa shape index (κ2) is 7.82. The van der Waals surface area contributed by atoms with E-state index in [4.69, 9.17) is 4.74 Å². The van der Waals surface area contributed by atoms with E-state index >= 15 is 0 Å². The van der Waals surface area contributed by atoms with E-state index in [0.29, 0.717) is 18.7 Å². The molecule has 0 atom stereocenters. The van der Waals surface area contributed by atoms with Crippen LogP contribution in [0.15, 0.2) is 60.7 Å². The summed E-state index contributed by atoms with van der Waals surface area (Å²) in [6.07, 6.45) is 1.11. The van der Waals surface area contributed by atoms with Crippen molar-refractivity contribution in [3.63, 3.8) is 0 Å². The first-order valence-corrected chi connectivity index (χ1v) is 9.34. The van der Waals surface area contributed by atoms with Crippen LogP contribution in [-0.2, 0) is 27.2 Å². The molecule has 1 aliphatic rings. The fourth-order valence-corrected chi connectivity index (χ4v) is 3.74. The Balaban J connectivity index is 1.51. The first-order valence-electron chi connectivity index (χ1n) is 9.34. The van der Waals surface area contributed by atoms with Crippen LogP contribution in [0.2, 0.25) is 0 Å². The molecule has 0 saturated carbocycles. The number of nitrogens with one attached hydrogen (secondary N) is 1. The molecule has 2 amide bonds. The highest BCUT2D eigenvalue weighted by atomic mass is 16.5. The number of ether oxygens (including phenoxy) is 1. The quantitative estimate of drug-likeness (QED) is 0.743. The largest absolute Gasteiger partial charge is 0.375 e. The molecular weight excluding hydrogens is 352 g/mol. The monoisotopic (exact) mass is 374 g/mol. The van der Waals surface area contributed by atoms with Gasteiger partial charge in [-0.25, -0.2) is 0 Å². The van der Waals surface area contributed by atoms with E-state index in [0.717, 1.165) is 34.0 Å². The van der Waals surface area contributed by atoms with Crippen LogP contribution in [0.1, 0.15) is 11.1 Å². The topological polar surface area (TPSA) is 58.6 Å². The lowest BCUT2D eigenvalue weighted by Crippen LogP contribution is -2.32. The Hall–Kier alpha value is -3.18. The number of anilines is 2. The van der Waals surface area contributed by atoms with Crippen LogP contribution in [0.5, 0.6) is 0 Å².